The first-order valence-corrected chi connectivity index (χ1v) is 12.1. The Hall–Kier alpha value is -1.45. The van der Waals surface area contributed by atoms with Gasteiger partial charge in [0.15, 0.2) is 0 Å². The number of esters is 1. The van der Waals surface area contributed by atoms with E-state index in [0.717, 1.165) is 0 Å². The summed E-state index contributed by atoms with van der Waals surface area (Å²) in [7, 11) is 0. The van der Waals surface area contributed by atoms with Gasteiger partial charge in [0.2, 0.25) is 5.24 Å². The number of hydrogen-bond acceptors (Lipinski definition) is 12. The number of halogens is 1. The number of carbonyl (C=O) groups excluding carboxylic acids is 2. The second-order valence-corrected chi connectivity index (χ2v) is 7.16. The van der Waals surface area contributed by atoms with Crippen LogP contribution in [0.3, 0.4) is 0 Å². The molecule has 12 nitrogen and oxygen atoms in total. The van der Waals surface area contributed by atoms with Crippen molar-refractivity contribution in [2.75, 3.05) is 106 Å². The molecule has 13 heteroatoms. The summed E-state index contributed by atoms with van der Waals surface area (Å²) < 4.78 is 35.2. The SMILES string of the molecule is C=C(C)C(=O)Cl.C=C(C)C(=O)OCCOCCOCCOCCO.OCCOCCOCCOCCO. The van der Waals surface area contributed by atoms with Crippen molar-refractivity contribution < 1.29 is 58.1 Å². The predicted molar refractivity (Wildman–Crippen MR) is 138 cm³/mol. The highest BCUT2D eigenvalue weighted by Gasteiger charge is 2.01. The van der Waals surface area contributed by atoms with E-state index in [4.69, 9.17) is 60.1 Å². The summed E-state index contributed by atoms with van der Waals surface area (Å²) in [6, 6.07) is 0. The highest BCUT2D eigenvalue weighted by Crippen LogP contribution is 1.92. The van der Waals surface area contributed by atoms with Crippen LogP contribution in [0.5, 0.6) is 0 Å². The fourth-order valence-corrected chi connectivity index (χ4v) is 1.59. The molecule has 0 unspecified atom stereocenters. The summed E-state index contributed by atoms with van der Waals surface area (Å²) in [6.45, 7) is 15.4. The molecule has 3 N–H and O–H groups in total. The average Bonchev–Trinajstić information content (AvgIpc) is 2.87. The minimum absolute atomic E-state index is 0.0199. The predicted octanol–water partition coefficient (Wildman–Crippen LogP) is 0.497. The van der Waals surface area contributed by atoms with Crippen LogP contribution in [0, 0.1) is 0 Å². The molecule has 0 aliphatic carbocycles. The van der Waals surface area contributed by atoms with Gasteiger partial charge in [-0.3, -0.25) is 4.79 Å². The number of ether oxygens (including phenoxy) is 7. The van der Waals surface area contributed by atoms with Crippen LogP contribution in [0.1, 0.15) is 13.8 Å². The normalized spacial score (nSPS) is 10.0. The van der Waals surface area contributed by atoms with Crippen LogP contribution < -0.4 is 0 Å². The maximum absolute atomic E-state index is 11.0. The standard InChI is InChI=1S/C12H22O6.C8H18O5.C4H5ClO/c1-11(2)12(14)18-10-9-17-8-7-16-6-5-15-4-3-13;9-1-3-11-5-7-13-8-6-12-4-2-10;1-3(2)4(5)6/h13H,1,3-10H2,2H3;9-10H,1-8H2;1H2,2H3. The Bertz CT molecular complexity index is 524. The minimum Gasteiger partial charge on any atom is -0.460 e. The molecule has 0 bridgehead atoms. The van der Waals surface area contributed by atoms with Crippen LogP contribution >= 0.6 is 11.6 Å². The zero-order chi connectivity index (χ0) is 28.6. The third-order valence-electron chi connectivity index (χ3n) is 3.34. The minimum atomic E-state index is -0.463. The largest absolute Gasteiger partial charge is 0.460 e. The molecule has 0 atom stereocenters. The molecule has 0 saturated carbocycles. The molecule has 220 valence electrons. The molecule has 0 spiro atoms. The van der Waals surface area contributed by atoms with Gasteiger partial charge in [-0.1, -0.05) is 13.2 Å². The second kappa shape index (κ2) is 34.6. The lowest BCUT2D eigenvalue weighted by Crippen LogP contribution is -2.14. The average molecular weight is 561 g/mol. The van der Waals surface area contributed by atoms with Crippen LogP contribution in [0.15, 0.2) is 24.3 Å². The van der Waals surface area contributed by atoms with Crippen molar-refractivity contribution >= 4 is 22.8 Å². The van der Waals surface area contributed by atoms with Crippen LogP contribution in [0.2, 0.25) is 0 Å². The van der Waals surface area contributed by atoms with E-state index in [0.29, 0.717) is 90.4 Å². The Morgan fingerprint density at radius 3 is 1.00 bits per heavy atom. The molecule has 0 radical (unpaired) electrons. The lowest BCUT2D eigenvalue weighted by Gasteiger charge is -2.07. The molecular weight excluding hydrogens is 516 g/mol. The Labute approximate surface area is 225 Å². The number of allylic oxidation sites excluding steroid dienone is 1. The van der Waals surface area contributed by atoms with Crippen molar-refractivity contribution in [1.29, 1.82) is 0 Å². The smallest absolute Gasteiger partial charge is 0.333 e. The highest BCUT2D eigenvalue weighted by molar-refractivity contribution is 6.67. The highest BCUT2D eigenvalue weighted by atomic mass is 35.5. The lowest BCUT2D eigenvalue weighted by atomic mass is 10.4. The summed E-state index contributed by atoms with van der Waals surface area (Å²) in [6.07, 6.45) is 0. The van der Waals surface area contributed by atoms with Gasteiger partial charge >= 0.3 is 5.97 Å². The van der Waals surface area contributed by atoms with E-state index in [2.05, 4.69) is 13.2 Å². The maximum Gasteiger partial charge on any atom is 0.333 e. The Morgan fingerprint density at radius 1 is 0.541 bits per heavy atom. The third-order valence-corrected chi connectivity index (χ3v) is 3.66. The van der Waals surface area contributed by atoms with Gasteiger partial charge in [-0.15, -0.1) is 0 Å². The summed E-state index contributed by atoms with van der Waals surface area (Å²) in [5.41, 5.74) is 0.762. The fraction of sp³-hybridized carbons (Fsp3) is 0.750. The first-order chi connectivity index (χ1) is 17.7. The van der Waals surface area contributed by atoms with Crippen molar-refractivity contribution in [2.45, 2.75) is 13.8 Å². The molecule has 0 saturated heterocycles. The van der Waals surface area contributed by atoms with Gasteiger partial charge in [0.05, 0.1) is 99.1 Å². The van der Waals surface area contributed by atoms with Crippen molar-refractivity contribution in [3.05, 3.63) is 24.3 Å². The molecular formula is C24H45ClO12. The van der Waals surface area contributed by atoms with Crippen LogP contribution in [0.4, 0.5) is 0 Å². The monoisotopic (exact) mass is 560 g/mol. The topological polar surface area (TPSA) is 159 Å². The van der Waals surface area contributed by atoms with Gasteiger partial charge in [-0.2, -0.15) is 0 Å². The maximum atomic E-state index is 11.0. The van der Waals surface area contributed by atoms with E-state index in [1.54, 1.807) is 13.8 Å². The molecule has 37 heavy (non-hydrogen) atoms. The number of carbonyl (C=O) groups is 2. The second-order valence-electron chi connectivity index (χ2n) is 6.82. The van der Waals surface area contributed by atoms with Gasteiger partial charge in [0, 0.05) is 11.1 Å². The van der Waals surface area contributed by atoms with E-state index < -0.39 is 11.2 Å². The molecule has 0 aromatic rings. The van der Waals surface area contributed by atoms with Gasteiger partial charge in [0.25, 0.3) is 0 Å². The zero-order valence-corrected chi connectivity index (χ0v) is 22.9. The van der Waals surface area contributed by atoms with Crippen molar-refractivity contribution in [1.82, 2.24) is 0 Å². The van der Waals surface area contributed by atoms with Crippen molar-refractivity contribution in [3.8, 4) is 0 Å². The van der Waals surface area contributed by atoms with Crippen LogP contribution in [-0.2, 0) is 42.7 Å². The van der Waals surface area contributed by atoms with Gasteiger partial charge in [0.1, 0.15) is 6.61 Å². The Morgan fingerprint density at radius 2 is 0.784 bits per heavy atom. The van der Waals surface area contributed by atoms with E-state index in [9.17, 15) is 9.59 Å². The third kappa shape index (κ3) is 41.9. The van der Waals surface area contributed by atoms with Crippen LogP contribution in [0.25, 0.3) is 0 Å². The van der Waals surface area contributed by atoms with E-state index >= 15 is 0 Å². The van der Waals surface area contributed by atoms with Gasteiger partial charge < -0.3 is 48.5 Å². The Kier molecular flexibility index (Phi) is 37.4. The van der Waals surface area contributed by atoms with Gasteiger partial charge in [-0.25, -0.2) is 4.79 Å². The van der Waals surface area contributed by atoms with Crippen LogP contribution in [-0.4, -0.2) is 132 Å². The van der Waals surface area contributed by atoms with Gasteiger partial charge in [-0.05, 0) is 25.4 Å². The van der Waals surface area contributed by atoms with E-state index in [1.807, 2.05) is 0 Å². The summed E-state index contributed by atoms with van der Waals surface area (Å²) in [5.74, 6) is -0.407. The van der Waals surface area contributed by atoms with E-state index in [1.165, 1.54) is 0 Å². The molecule has 0 amide bonds. The number of hydrogen-bond donors (Lipinski definition) is 3. The first kappa shape index (κ1) is 40.1. The summed E-state index contributed by atoms with van der Waals surface area (Å²) >= 11 is 4.87. The fourth-order valence-electron chi connectivity index (χ4n) is 1.59. The molecule has 0 heterocycles. The molecule has 0 aromatic heterocycles. The molecule has 0 rings (SSSR count). The summed E-state index contributed by atoms with van der Waals surface area (Å²) in [5, 5.41) is 24.7. The number of rotatable bonds is 23. The molecule has 0 aromatic carbocycles. The van der Waals surface area contributed by atoms with Crippen molar-refractivity contribution in [3.63, 3.8) is 0 Å². The van der Waals surface area contributed by atoms with Crippen molar-refractivity contribution in [2.24, 2.45) is 0 Å². The first-order valence-electron chi connectivity index (χ1n) is 11.7. The quantitative estimate of drug-likeness (QED) is 0.0688. The molecule has 0 aliphatic rings. The number of aliphatic hydroxyl groups is 3. The molecule has 0 fully saturated rings. The van der Waals surface area contributed by atoms with E-state index in [-0.39, 0.29) is 26.4 Å². The summed E-state index contributed by atoms with van der Waals surface area (Å²) in [4.78, 5) is 20.8. The number of aliphatic hydroxyl groups excluding tert-OH is 3. The lowest BCUT2D eigenvalue weighted by molar-refractivity contribution is -0.140. The Balaban J connectivity index is -0.000000529. The molecule has 0 aliphatic heterocycles. The zero-order valence-electron chi connectivity index (χ0n) is 22.1.